The number of alkyl halides is 6. The van der Waals surface area contributed by atoms with Crippen LogP contribution in [0.2, 0.25) is 0 Å². The van der Waals surface area contributed by atoms with Gasteiger partial charge < -0.3 is 15.5 Å². The predicted octanol–water partition coefficient (Wildman–Crippen LogP) is 0.735. The number of sulfone groups is 1. The van der Waals surface area contributed by atoms with Crippen molar-refractivity contribution < 1.29 is 54.6 Å². The van der Waals surface area contributed by atoms with Crippen LogP contribution in [0.3, 0.4) is 0 Å². The van der Waals surface area contributed by atoms with Crippen molar-refractivity contribution in [3.8, 4) is 0 Å². The van der Waals surface area contributed by atoms with Crippen molar-refractivity contribution >= 4 is 21.8 Å². The molecule has 2 rings (SSSR count). The molecule has 166 valence electrons. The van der Waals surface area contributed by atoms with Gasteiger partial charge in [-0.05, 0) is 25.9 Å². The maximum absolute atomic E-state index is 11.2. The van der Waals surface area contributed by atoms with E-state index in [0.717, 1.165) is 26.2 Å². The van der Waals surface area contributed by atoms with Gasteiger partial charge in [-0.3, -0.25) is 4.90 Å². The highest BCUT2D eigenvalue weighted by Crippen LogP contribution is 2.15. The first kappa shape index (κ1) is 26.4. The summed E-state index contributed by atoms with van der Waals surface area (Å²) in [5.41, 5.74) is 0. The van der Waals surface area contributed by atoms with Crippen molar-refractivity contribution in [3.63, 3.8) is 0 Å². The molecule has 0 saturated carbocycles. The van der Waals surface area contributed by atoms with Crippen LogP contribution in [0, 0.1) is 0 Å². The first-order chi connectivity index (χ1) is 12.6. The number of piperidine rings is 1. The van der Waals surface area contributed by atoms with Crippen molar-refractivity contribution in [2.45, 2.75) is 31.2 Å². The molecule has 0 radical (unpaired) electrons. The van der Waals surface area contributed by atoms with Crippen LogP contribution in [-0.4, -0.2) is 91.5 Å². The Hall–Kier alpha value is -1.61. The Balaban J connectivity index is 0.000000444. The fourth-order valence-corrected chi connectivity index (χ4v) is 3.49. The predicted molar refractivity (Wildman–Crippen MR) is 83.5 cm³/mol. The van der Waals surface area contributed by atoms with Gasteiger partial charge in [0, 0.05) is 19.1 Å². The molecule has 8 nitrogen and oxygen atoms in total. The average molecular weight is 446 g/mol. The van der Waals surface area contributed by atoms with Gasteiger partial charge in [0.15, 0.2) is 9.84 Å². The highest BCUT2D eigenvalue weighted by molar-refractivity contribution is 7.91. The van der Waals surface area contributed by atoms with Crippen molar-refractivity contribution in [1.29, 1.82) is 0 Å². The highest BCUT2D eigenvalue weighted by Gasteiger charge is 2.38. The molecule has 0 aromatic carbocycles. The topological polar surface area (TPSA) is 124 Å². The zero-order chi connectivity index (χ0) is 22.2. The van der Waals surface area contributed by atoms with Gasteiger partial charge in [-0.15, -0.1) is 0 Å². The minimum absolute atomic E-state index is 0.358. The zero-order valence-corrected chi connectivity index (χ0v) is 15.2. The van der Waals surface area contributed by atoms with Gasteiger partial charge in [0.2, 0.25) is 0 Å². The van der Waals surface area contributed by atoms with Crippen LogP contribution in [0.25, 0.3) is 0 Å². The van der Waals surface area contributed by atoms with Gasteiger partial charge in [-0.1, -0.05) is 0 Å². The number of carboxylic acid groups (broad SMARTS) is 2. The van der Waals surface area contributed by atoms with Crippen molar-refractivity contribution in [2.75, 3.05) is 37.7 Å². The number of hydrogen-bond acceptors (Lipinski definition) is 6. The molecule has 2 aliphatic heterocycles. The summed E-state index contributed by atoms with van der Waals surface area (Å²) in [5, 5.41) is 17.6. The van der Waals surface area contributed by atoms with Crippen molar-refractivity contribution in [3.05, 3.63) is 0 Å². The lowest BCUT2D eigenvalue weighted by Gasteiger charge is -2.36. The number of rotatable bonds is 1. The van der Waals surface area contributed by atoms with E-state index in [1.165, 1.54) is 12.8 Å². The Morgan fingerprint density at radius 2 is 1.18 bits per heavy atom. The van der Waals surface area contributed by atoms with E-state index < -0.39 is 34.1 Å². The number of hydrogen-bond donors (Lipinski definition) is 3. The van der Waals surface area contributed by atoms with Gasteiger partial charge in [0.05, 0.1) is 11.5 Å². The van der Waals surface area contributed by atoms with E-state index >= 15 is 0 Å². The highest BCUT2D eigenvalue weighted by atomic mass is 32.2. The molecule has 2 fully saturated rings. The number of carbonyl (C=O) groups is 2. The molecule has 15 heteroatoms. The SMILES string of the molecule is O=C(O)C(F)(F)F.O=C(O)C(F)(F)F.O=S1(=O)CCN(C2CCNCC2)CC1. The molecular weight excluding hydrogens is 426 g/mol. The van der Waals surface area contributed by atoms with Crippen LogP contribution in [0.4, 0.5) is 26.3 Å². The summed E-state index contributed by atoms with van der Waals surface area (Å²) in [4.78, 5) is 20.1. The second-order valence-corrected chi connectivity index (χ2v) is 8.08. The second-order valence-electron chi connectivity index (χ2n) is 5.77. The fraction of sp³-hybridized carbons (Fsp3) is 0.846. The normalized spacial score (nSPS) is 20.8. The first-order valence-corrected chi connectivity index (χ1v) is 9.64. The summed E-state index contributed by atoms with van der Waals surface area (Å²) in [6, 6.07) is 0.617. The molecule has 0 aromatic heterocycles. The molecule has 0 unspecified atom stereocenters. The van der Waals surface area contributed by atoms with Gasteiger partial charge in [0.25, 0.3) is 0 Å². The monoisotopic (exact) mass is 446 g/mol. The number of nitrogens with one attached hydrogen (secondary N) is 1. The van der Waals surface area contributed by atoms with Crippen LogP contribution in [0.15, 0.2) is 0 Å². The largest absolute Gasteiger partial charge is 0.490 e. The standard InChI is InChI=1S/C9H18N2O2S.2C2HF3O2/c12-14(13)7-5-11(6-8-14)9-1-3-10-4-2-9;2*3-2(4,5)1(6)7/h9-10H,1-8H2;2*(H,6,7). The Labute approximate surface area is 156 Å². The van der Waals surface area contributed by atoms with E-state index in [-0.39, 0.29) is 0 Å². The minimum atomic E-state index is -5.08. The molecular formula is C13H20F6N2O6S. The summed E-state index contributed by atoms with van der Waals surface area (Å²) in [7, 11) is -2.71. The van der Waals surface area contributed by atoms with Crippen molar-refractivity contribution in [1.82, 2.24) is 10.2 Å². The van der Waals surface area contributed by atoms with E-state index in [0.29, 0.717) is 17.5 Å². The second kappa shape index (κ2) is 10.8. The summed E-state index contributed by atoms with van der Waals surface area (Å²) >= 11 is 0. The fourth-order valence-electron chi connectivity index (χ4n) is 2.26. The lowest BCUT2D eigenvalue weighted by Crippen LogP contribution is -2.49. The molecule has 0 aromatic rings. The lowest BCUT2D eigenvalue weighted by molar-refractivity contribution is -0.193. The van der Waals surface area contributed by atoms with E-state index in [1.807, 2.05) is 0 Å². The number of carboxylic acids is 2. The smallest absolute Gasteiger partial charge is 0.475 e. The van der Waals surface area contributed by atoms with Crippen LogP contribution in [0.5, 0.6) is 0 Å². The summed E-state index contributed by atoms with van der Waals surface area (Å²) in [5.74, 6) is -4.80. The van der Waals surface area contributed by atoms with E-state index in [4.69, 9.17) is 19.8 Å². The molecule has 3 N–H and O–H groups in total. The third-order valence-electron chi connectivity index (χ3n) is 3.69. The molecule has 0 bridgehead atoms. The molecule has 28 heavy (non-hydrogen) atoms. The van der Waals surface area contributed by atoms with E-state index in [2.05, 4.69) is 10.2 Å². The Morgan fingerprint density at radius 1 is 0.857 bits per heavy atom. The molecule has 2 heterocycles. The van der Waals surface area contributed by atoms with E-state index in [1.54, 1.807) is 0 Å². The average Bonchev–Trinajstić information content (AvgIpc) is 2.55. The Kier molecular flexibility index (Phi) is 10.2. The third kappa shape index (κ3) is 11.3. The number of aliphatic carboxylic acids is 2. The van der Waals surface area contributed by atoms with Gasteiger partial charge in [-0.25, -0.2) is 18.0 Å². The quantitative estimate of drug-likeness (QED) is 0.504. The molecule has 2 saturated heterocycles. The molecule has 0 amide bonds. The maximum Gasteiger partial charge on any atom is 0.490 e. The molecule has 0 atom stereocenters. The van der Waals surface area contributed by atoms with Crippen LogP contribution in [-0.2, 0) is 19.4 Å². The first-order valence-electron chi connectivity index (χ1n) is 7.81. The zero-order valence-electron chi connectivity index (χ0n) is 14.4. The summed E-state index contributed by atoms with van der Waals surface area (Å²) in [6.45, 7) is 3.64. The Morgan fingerprint density at radius 3 is 1.46 bits per heavy atom. The van der Waals surface area contributed by atoms with Gasteiger partial charge in [-0.2, -0.15) is 26.3 Å². The number of halogens is 6. The van der Waals surface area contributed by atoms with Crippen LogP contribution < -0.4 is 5.32 Å². The molecule has 0 spiro atoms. The summed E-state index contributed by atoms with van der Waals surface area (Å²) < 4.78 is 86.0. The van der Waals surface area contributed by atoms with Crippen molar-refractivity contribution in [2.24, 2.45) is 0 Å². The Bertz CT molecular complexity index is 578. The minimum Gasteiger partial charge on any atom is -0.475 e. The lowest BCUT2D eigenvalue weighted by atomic mass is 10.1. The molecule has 0 aliphatic carbocycles. The van der Waals surface area contributed by atoms with Gasteiger partial charge >= 0.3 is 24.3 Å². The molecule has 2 aliphatic rings. The third-order valence-corrected chi connectivity index (χ3v) is 5.30. The van der Waals surface area contributed by atoms with E-state index in [9.17, 15) is 34.8 Å². The number of nitrogens with zero attached hydrogens (tertiary/aromatic N) is 1. The maximum atomic E-state index is 11.2. The van der Waals surface area contributed by atoms with Crippen LogP contribution in [0.1, 0.15) is 12.8 Å². The van der Waals surface area contributed by atoms with Crippen LogP contribution >= 0.6 is 0 Å². The summed E-state index contributed by atoms with van der Waals surface area (Å²) in [6.07, 6.45) is -7.83. The van der Waals surface area contributed by atoms with Gasteiger partial charge in [0.1, 0.15) is 0 Å².